The Labute approximate surface area is 342 Å². The van der Waals surface area contributed by atoms with Gasteiger partial charge in [-0.25, -0.2) is 4.39 Å². The molecule has 0 radical (unpaired) electrons. The van der Waals surface area contributed by atoms with Crippen molar-refractivity contribution in [3.05, 3.63) is 87.3 Å². The third-order valence-corrected chi connectivity index (χ3v) is 12.8. The van der Waals surface area contributed by atoms with Gasteiger partial charge in [-0.1, -0.05) is 19.1 Å². The summed E-state index contributed by atoms with van der Waals surface area (Å²) in [5.41, 5.74) is 4.27. The van der Waals surface area contributed by atoms with E-state index in [4.69, 9.17) is 34.3 Å². The highest BCUT2D eigenvalue weighted by Gasteiger charge is 2.50. The summed E-state index contributed by atoms with van der Waals surface area (Å²) in [6, 6.07) is 14.6. The number of piperidine rings is 1. The summed E-state index contributed by atoms with van der Waals surface area (Å²) in [7, 11) is 0. The number of rotatable bonds is 11. The highest BCUT2D eigenvalue weighted by Crippen LogP contribution is 2.46. The van der Waals surface area contributed by atoms with Crippen LogP contribution in [-0.2, 0) is 11.2 Å². The Bertz CT molecular complexity index is 2390. The third-order valence-electron chi connectivity index (χ3n) is 12.8. The van der Waals surface area contributed by atoms with Crippen molar-refractivity contribution in [3.63, 3.8) is 0 Å². The minimum absolute atomic E-state index is 0.0404. The Morgan fingerprint density at radius 2 is 1.80 bits per heavy atom. The summed E-state index contributed by atoms with van der Waals surface area (Å²) in [5.74, 6) is 1.62. The van der Waals surface area contributed by atoms with Crippen molar-refractivity contribution in [2.45, 2.75) is 102 Å². The Morgan fingerprint density at radius 3 is 2.51 bits per heavy atom. The van der Waals surface area contributed by atoms with Gasteiger partial charge < -0.3 is 24.6 Å². The first-order valence-corrected chi connectivity index (χ1v) is 20.7. The molecule has 3 atom stereocenters. The number of nitro benzene ring substituents is 1. The standard InChI is InChI=1S/C44H49FN6O5.CH2O2/c1-4-34-37(45)14-9-29-21-30(28-7-8-28)22-35(38(29)34)39-27(2)40-36(23-46-39)41(49-19-5-16-43(3,52)25-49)48-42(47-40)56-26-44-17-6-20-50(44)32(15-18-44)24-55-33-12-10-31(11-13-33)51(53)54;2-1-3/h9-14,21-23,28,32,52H,4-8,15-20,24-26H2,1-3H3;1H,(H,2,3)/t32?,43-,44+;/m1./s1. The van der Waals surface area contributed by atoms with Crippen molar-refractivity contribution in [1.29, 1.82) is 0 Å². The number of nitrogens with zero attached hydrogens (tertiary/aromatic N) is 6. The average molecular weight is 807 g/mol. The Kier molecular flexibility index (Phi) is 11.1. The molecule has 3 aromatic carbocycles. The maximum Gasteiger partial charge on any atom is 0.319 e. The number of β-amino-alcohol motifs (C(OH)–C–C–N with tert-alkyl or cyclic N) is 1. The van der Waals surface area contributed by atoms with Crippen molar-refractivity contribution in [2.24, 2.45) is 0 Å². The van der Waals surface area contributed by atoms with Gasteiger partial charge in [0.05, 0.1) is 32.7 Å². The number of non-ortho nitro benzene ring substituents is 1. The lowest BCUT2D eigenvalue weighted by atomic mass is 9.90. The monoisotopic (exact) mass is 806 g/mol. The van der Waals surface area contributed by atoms with Crippen LogP contribution in [0.3, 0.4) is 0 Å². The second kappa shape index (κ2) is 16.3. The molecular weight excluding hydrogens is 756 g/mol. The van der Waals surface area contributed by atoms with Crippen LogP contribution in [0.5, 0.6) is 11.8 Å². The maximum atomic E-state index is 15.4. The number of hydrogen-bond acceptors (Lipinski definition) is 11. The zero-order valence-corrected chi connectivity index (χ0v) is 33.8. The average Bonchev–Trinajstić information content (AvgIpc) is 3.91. The minimum Gasteiger partial charge on any atom is -0.492 e. The summed E-state index contributed by atoms with van der Waals surface area (Å²) < 4.78 is 28.2. The molecule has 4 fully saturated rings. The van der Waals surface area contributed by atoms with E-state index in [1.54, 1.807) is 18.2 Å². The number of nitro groups is 1. The van der Waals surface area contributed by atoms with E-state index in [1.807, 2.05) is 33.0 Å². The van der Waals surface area contributed by atoms with Crippen molar-refractivity contribution >= 4 is 39.7 Å². The molecule has 3 saturated heterocycles. The van der Waals surface area contributed by atoms with E-state index in [0.717, 1.165) is 96.5 Å². The van der Waals surface area contributed by atoms with E-state index in [0.29, 0.717) is 61.7 Å². The van der Waals surface area contributed by atoms with Crippen LogP contribution in [0.2, 0.25) is 0 Å². The van der Waals surface area contributed by atoms with Crippen LogP contribution < -0.4 is 14.4 Å². The van der Waals surface area contributed by atoms with E-state index in [1.165, 1.54) is 17.7 Å². The smallest absolute Gasteiger partial charge is 0.319 e. The molecule has 0 amide bonds. The van der Waals surface area contributed by atoms with Gasteiger partial charge >= 0.3 is 6.01 Å². The van der Waals surface area contributed by atoms with Crippen LogP contribution in [0, 0.1) is 22.9 Å². The van der Waals surface area contributed by atoms with Crippen LogP contribution in [0.25, 0.3) is 32.9 Å². The first kappa shape index (κ1) is 40.3. The molecule has 13 nitrogen and oxygen atoms in total. The lowest BCUT2D eigenvalue weighted by Gasteiger charge is -2.38. The molecule has 2 N–H and O–H groups in total. The maximum absolute atomic E-state index is 15.4. The molecule has 59 heavy (non-hydrogen) atoms. The summed E-state index contributed by atoms with van der Waals surface area (Å²) in [5, 5.41) is 31.9. The second-order valence-electron chi connectivity index (χ2n) is 16.8. The number of fused-ring (bicyclic) bond motifs is 3. The largest absolute Gasteiger partial charge is 0.492 e. The van der Waals surface area contributed by atoms with Gasteiger partial charge in [0.15, 0.2) is 0 Å². The fourth-order valence-electron chi connectivity index (χ4n) is 9.73. The van der Waals surface area contributed by atoms with Crippen LogP contribution in [-0.4, -0.2) is 91.5 Å². The van der Waals surface area contributed by atoms with Gasteiger partial charge in [0, 0.05) is 48.6 Å². The van der Waals surface area contributed by atoms with Crippen molar-refractivity contribution < 1.29 is 33.8 Å². The molecule has 310 valence electrons. The fourth-order valence-corrected chi connectivity index (χ4v) is 9.73. The number of hydrogen-bond donors (Lipinski definition) is 2. The summed E-state index contributed by atoms with van der Waals surface area (Å²) in [6.07, 6.45) is 10.2. The molecule has 14 heteroatoms. The van der Waals surface area contributed by atoms with Crippen molar-refractivity contribution in [1.82, 2.24) is 19.9 Å². The second-order valence-corrected chi connectivity index (χ2v) is 16.8. The van der Waals surface area contributed by atoms with Gasteiger partial charge in [-0.3, -0.25) is 24.8 Å². The highest BCUT2D eigenvalue weighted by molar-refractivity contribution is 6.02. The molecule has 1 saturated carbocycles. The van der Waals surface area contributed by atoms with E-state index in [2.05, 4.69) is 21.9 Å². The predicted molar refractivity (Wildman–Crippen MR) is 223 cm³/mol. The molecule has 0 spiro atoms. The third kappa shape index (κ3) is 7.99. The molecule has 1 aliphatic carbocycles. The molecule has 2 aromatic heterocycles. The van der Waals surface area contributed by atoms with E-state index >= 15 is 4.39 Å². The number of pyridine rings is 1. The fraction of sp³-hybridized carbons (Fsp3) is 0.467. The molecule has 3 aliphatic heterocycles. The molecule has 5 heterocycles. The Balaban J connectivity index is 0.00000157. The summed E-state index contributed by atoms with van der Waals surface area (Å²) in [6.45, 7) is 8.69. The van der Waals surface area contributed by atoms with Crippen LogP contribution >= 0.6 is 0 Å². The van der Waals surface area contributed by atoms with Crippen LogP contribution in [0.15, 0.2) is 54.7 Å². The van der Waals surface area contributed by atoms with Crippen molar-refractivity contribution in [3.8, 4) is 23.0 Å². The lowest BCUT2D eigenvalue weighted by molar-refractivity contribution is -0.384. The number of aryl methyl sites for hydroxylation is 2. The predicted octanol–water partition coefficient (Wildman–Crippen LogP) is 8.15. The van der Waals surface area contributed by atoms with Gasteiger partial charge in [0.1, 0.15) is 30.6 Å². The first-order valence-electron chi connectivity index (χ1n) is 20.7. The SMILES string of the molecule is CCc1c(F)ccc2cc(C3CC3)cc(-c3ncc4c(N5CCC[C@@](C)(O)C5)nc(OC[C@@]56CCCN5C(COc5ccc([N+](=O)[O-])cc5)CC6)nc4c3C)c12.O=CO. The molecular formula is C45H51FN6O7. The van der Waals surface area contributed by atoms with Crippen LogP contribution in [0.1, 0.15) is 87.8 Å². The number of aliphatic hydroxyl groups is 1. The summed E-state index contributed by atoms with van der Waals surface area (Å²) in [4.78, 5) is 39.0. The zero-order valence-electron chi connectivity index (χ0n) is 33.8. The number of carboxylic acid groups (broad SMARTS) is 1. The molecule has 1 unspecified atom stereocenters. The Morgan fingerprint density at radius 1 is 1.03 bits per heavy atom. The van der Waals surface area contributed by atoms with Crippen molar-refractivity contribution in [2.75, 3.05) is 37.7 Å². The summed E-state index contributed by atoms with van der Waals surface area (Å²) >= 11 is 0. The Hall–Kier alpha value is -5.47. The van der Waals surface area contributed by atoms with E-state index in [-0.39, 0.29) is 29.6 Å². The molecule has 4 aliphatic rings. The quantitative estimate of drug-likeness (QED) is 0.0749. The van der Waals surface area contributed by atoms with Crippen LogP contribution in [0.4, 0.5) is 15.9 Å². The van der Waals surface area contributed by atoms with Gasteiger partial charge in [-0.2, -0.15) is 9.97 Å². The van der Waals surface area contributed by atoms with E-state index in [9.17, 15) is 15.2 Å². The number of benzene rings is 3. The van der Waals surface area contributed by atoms with Gasteiger partial charge in [0.2, 0.25) is 0 Å². The number of halogens is 1. The number of aromatic nitrogens is 3. The molecule has 0 bridgehead atoms. The normalized spacial score (nSPS) is 22.9. The van der Waals surface area contributed by atoms with Gasteiger partial charge in [0.25, 0.3) is 12.2 Å². The van der Waals surface area contributed by atoms with E-state index < -0.39 is 10.5 Å². The zero-order chi connectivity index (χ0) is 41.5. The number of ether oxygens (including phenoxy) is 2. The number of anilines is 1. The molecule has 5 aromatic rings. The first-order chi connectivity index (χ1) is 28.4. The lowest BCUT2D eigenvalue weighted by Crippen LogP contribution is -2.48. The number of carbonyl (C=O) groups is 1. The van der Waals surface area contributed by atoms with Gasteiger partial charge in [-0.05, 0) is 130 Å². The highest BCUT2D eigenvalue weighted by atomic mass is 19.1. The minimum atomic E-state index is -0.861. The van der Waals surface area contributed by atoms with Gasteiger partial charge in [-0.15, -0.1) is 0 Å². The topological polar surface area (TPSA) is 164 Å². The molecule has 9 rings (SSSR count).